The fourth-order valence-electron chi connectivity index (χ4n) is 1.46. The SMILES string of the molecule is CN(CC(=O)O)c1ccc([N+](=O)[O-])cc1C(N)=O. The molecule has 18 heavy (non-hydrogen) atoms. The number of nitro groups is 1. The van der Waals surface area contributed by atoms with Crippen molar-refractivity contribution in [3.63, 3.8) is 0 Å². The quantitative estimate of drug-likeness (QED) is 0.570. The Morgan fingerprint density at radius 2 is 2.11 bits per heavy atom. The lowest BCUT2D eigenvalue weighted by molar-refractivity contribution is -0.384. The number of hydrogen-bond acceptors (Lipinski definition) is 5. The van der Waals surface area contributed by atoms with Crippen LogP contribution < -0.4 is 10.6 Å². The minimum absolute atomic E-state index is 0.0899. The highest BCUT2D eigenvalue weighted by Crippen LogP contribution is 2.24. The minimum atomic E-state index is -1.09. The highest BCUT2D eigenvalue weighted by atomic mass is 16.6. The highest BCUT2D eigenvalue weighted by molar-refractivity contribution is 5.99. The van der Waals surface area contributed by atoms with Gasteiger partial charge in [-0.1, -0.05) is 0 Å². The van der Waals surface area contributed by atoms with E-state index in [0.29, 0.717) is 0 Å². The second-order valence-corrected chi connectivity index (χ2v) is 3.57. The Morgan fingerprint density at radius 3 is 2.56 bits per heavy atom. The first-order chi connectivity index (χ1) is 8.32. The molecule has 0 aliphatic rings. The molecule has 0 atom stereocenters. The molecule has 1 aromatic carbocycles. The standard InChI is InChI=1S/C10H11N3O5/c1-12(5-9(14)15)8-3-2-6(13(17)18)4-7(8)10(11)16/h2-4H,5H2,1H3,(H2,11,16)(H,14,15). The summed E-state index contributed by atoms with van der Waals surface area (Å²) in [5.41, 5.74) is 4.98. The number of nitrogens with zero attached hydrogens (tertiary/aromatic N) is 2. The van der Waals surface area contributed by atoms with Gasteiger partial charge in [0.2, 0.25) is 0 Å². The fraction of sp³-hybridized carbons (Fsp3) is 0.200. The second kappa shape index (κ2) is 5.13. The maximum Gasteiger partial charge on any atom is 0.323 e. The predicted molar refractivity (Wildman–Crippen MR) is 62.5 cm³/mol. The van der Waals surface area contributed by atoms with Crippen LogP contribution in [0.25, 0.3) is 0 Å². The van der Waals surface area contributed by atoms with Gasteiger partial charge in [0, 0.05) is 19.2 Å². The van der Waals surface area contributed by atoms with Crippen LogP contribution in [0.3, 0.4) is 0 Å². The van der Waals surface area contributed by atoms with Gasteiger partial charge in [0.15, 0.2) is 0 Å². The minimum Gasteiger partial charge on any atom is -0.480 e. The molecule has 0 aliphatic heterocycles. The van der Waals surface area contributed by atoms with Crippen LogP contribution >= 0.6 is 0 Å². The summed E-state index contributed by atoms with van der Waals surface area (Å²) in [5.74, 6) is -1.95. The van der Waals surface area contributed by atoms with Gasteiger partial charge in [-0.2, -0.15) is 0 Å². The zero-order valence-electron chi connectivity index (χ0n) is 9.49. The molecule has 0 fully saturated rings. The molecule has 0 spiro atoms. The van der Waals surface area contributed by atoms with E-state index in [9.17, 15) is 19.7 Å². The average Bonchev–Trinajstić information content (AvgIpc) is 2.26. The summed E-state index contributed by atoms with van der Waals surface area (Å²) in [7, 11) is 1.45. The van der Waals surface area contributed by atoms with Crippen molar-refractivity contribution in [2.75, 3.05) is 18.5 Å². The Kier molecular flexibility index (Phi) is 3.82. The molecule has 0 saturated carbocycles. The van der Waals surface area contributed by atoms with Crippen LogP contribution in [-0.4, -0.2) is 35.5 Å². The molecule has 0 bridgehead atoms. The second-order valence-electron chi connectivity index (χ2n) is 3.57. The largest absolute Gasteiger partial charge is 0.480 e. The monoisotopic (exact) mass is 253 g/mol. The third-order valence-corrected chi connectivity index (χ3v) is 2.24. The Morgan fingerprint density at radius 1 is 1.50 bits per heavy atom. The van der Waals surface area contributed by atoms with Gasteiger partial charge in [-0.25, -0.2) is 0 Å². The van der Waals surface area contributed by atoms with Crippen molar-refractivity contribution >= 4 is 23.3 Å². The van der Waals surface area contributed by atoms with E-state index in [4.69, 9.17) is 10.8 Å². The van der Waals surface area contributed by atoms with Gasteiger partial charge in [-0.05, 0) is 6.07 Å². The van der Waals surface area contributed by atoms with Crippen molar-refractivity contribution in [3.8, 4) is 0 Å². The van der Waals surface area contributed by atoms with Gasteiger partial charge < -0.3 is 15.7 Å². The molecule has 8 heteroatoms. The van der Waals surface area contributed by atoms with Crippen LogP contribution in [0.4, 0.5) is 11.4 Å². The summed E-state index contributed by atoms with van der Waals surface area (Å²) in [6.07, 6.45) is 0. The zero-order valence-corrected chi connectivity index (χ0v) is 9.49. The molecular formula is C10H11N3O5. The van der Waals surface area contributed by atoms with E-state index in [1.54, 1.807) is 0 Å². The Hall–Kier alpha value is -2.64. The molecule has 3 N–H and O–H groups in total. The third-order valence-electron chi connectivity index (χ3n) is 2.24. The molecule has 0 unspecified atom stereocenters. The fourth-order valence-corrected chi connectivity index (χ4v) is 1.46. The summed E-state index contributed by atoms with van der Waals surface area (Å²) in [4.78, 5) is 33.0. The van der Waals surface area contributed by atoms with Gasteiger partial charge in [0.1, 0.15) is 6.54 Å². The van der Waals surface area contributed by atoms with Crippen molar-refractivity contribution in [2.45, 2.75) is 0 Å². The average molecular weight is 253 g/mol. The number of carbonyl (C=O) groups is 2. The van der Waals surface area contributed by atoms with Crippen LogP contribution in [0.5, 0.6) is 0 Å². The molecule has 0 saturated heterocycles. The maximum absolute atomic E-state index is 11.2. The number of amides is 1. The van der Waals surface area contributed by atoms with Crippen molar-refractivity contribution in [1.29, 1.82) is 0 Å². The predicted octanol–water partition coefficient (Wildman–Crippen LogP) is 0.215. The number of non-ortho nitro benzene ring substituents is 1. The third kappa shape index (κ3) is 2.94. The van der Waals surface area contributed by atoms with Crippen molar-refractivity contribution < 1.29 is 19.6 Å². The first-order valence-corrected chi connectivity index (χ1v) is 4.84. The molecule has 96 valence electrons. The molecule has 1 aromatic rings. The molecule has 8 nitrogen and oxygen atoms in total. The van der Waals surface area contributed by atoms with E-state index in [0.717, 1.165) is 6.07 Å². The maximum atomic E-state index is 11.2. The van der Waals surface area contributed by atoms with Crippen LogP contribution in [0.1, 0.15) is 10.4 Å². The van der Waals surface area contributed by atoms with Gasteiger partial charge in [0.25, 0.3) is 11.6 Å². The van der Waals surface area contributed by atoms with Gasteiger partial charge in [0.05, 0.1) is 16.2 Å². The number of nitrogens with two attached hydrogens (primary N) is 1. The number of carboxylic acid groups (broad SMARTS) is 1. The summed E-state index contributed by atoms with van der Waals surface area (Å²) in [5, 5.41) is 19.2. The number of nitro benzene ring substituents is 1. The van der Waals surface area contributed by atoms with E-state index in [-0.39, 0.29) is 23.5 Å². The van der Waals surface area contributed by atoms with Gasteiger partial charge >= 0.3 is 5.97 Å². The molecule has 0 heterocycles. The van der Waals surface area contributed by atoms with Gasteiger partial charge in [-0.3, -0.25) is 19.7 Å². The lowest BCUT2D eigenvalue weighted by Crippen LogP contribution is -2.27. The summed E-state index contributed by atoms with van der Waals surface area (Å²) < 4.78 is 0. The number of carboxylic acids is 1. The highest BCUT2D eigenvalue weighted by Gasteiger charge is 2.18. The molecule has 1 amide bonds. The number of anilines is 1. The molecular weight excluding hydrogens is 242 g/mol. The topological polar surface area (TPSA) is 127 Å². The Balaban J connectivity index is 3.23. The van der Waals surface area contributed by atoms with E-state index in [1.807, 2.05) is 0 Å². The van der Waals surface area contributed by atoms with Crippen molar-refractivity contribution in [2.24, 2.45) is 5.73 Å². The van der Waals surface area contributed by atoms with Crippen LogP contribution in [-0.2, 0) is 4.79 Å². The lowest BCUT2D eigenvalue weighted by atomic mass is 10.1. The summed E-state index contributed by atoms with van der Waals surface area (Å²) in [6, 6.07) is 3.50. The zero-order chi connectivity index (χ0) is 13.9. The molecule has 0 aromatic heterocycles. The number of aliphatic carboxylic acids is 1. The number of benzene rings is 1. The first kappa shape index (κ1) is 13.4. The molecule has 1 rings (SSSR count). The van der Waals surface area contributed by atoms with Crippen molar-refractivity contribution in [1.82, 2.24) is 0 Å². The molecule has 0 radical (unpaired) electrons. The lowest BCUT2D eigenvalue weighted by Gasteiger charge is -2.18. The number of hydrogen-bond donors (Lipinski definition) is 2. The Bertz CT molecular complexity index is 514. The van der Waals surface area contributed by atoms with E-state index >= 15 is 0 Å². The Labute approximate surface area is 102 Å². The normalized spacial score (nSPS) is 9.83. The van der Waals surface area contributed by atoms with Crippen molar-refractivity contribution in [3.05, 3.63) is 33.9 Å². The van der Waals surface area contributed by atoms with E-state index in [1.165, 1.54) is 24.1 Å². The summed E-state index contributed by atoms with van der Waals surface area (Å²) >= 11 is 0. The number of primary amides is 1. The smallest absolute Gasteiger partial charge is 0.323 e. The first-order valence-electron chi connectivity index (χ1n) is 4.84. The van der Waals surface area contributed by atoms with Crippen LogP contribution in [0.15, 0.2) is 18.2 Å². The number of rotatable bonds is 5. The van der Waals surface area contributed by atoms with Crippen LogP contribution in [0, 0.1) is 10.1 Å². The van der Waals surface area contributed by atoms with E-state index < -0.39 is 16.8 Å². The van der Waals surface area contributed by atoms with Gasteiger partial charge in [-0.15, -0.1) is 0 Å². The van der Waals surface area contributed by atoms with Crippen LogP contribution in [0.2, 0.25) is 0 Å². The molecule has 0 aliphatic carbocycles. The number of carbonyl (C=O) groups excluding carboxylic acids is 1. The number of likely N-dealkylation sites (N-methyl/N-ethyl adjacent to an activating group) is 1. The summed E-state index contributed by atoms with van der Waals surface area (Å²) in [6.45, 7) is -0.349. The van der Waals surface area contributed by atoms with E-state index in [2.05, 4.69) is 0 Å².